The number of aromatic nitrogens is 3. The number of hydrogen-bond donors (Lipinski definition) is 2. The summed E-state index contributed by atoms with van der Waals surface area (Å²) in [6.45, 7) is 1.37. The van der Waals surface area contributed by atoms with Gasteiger partial charge in [0.1, 0.15) is 12.2 Å². The van der Waals surface area contributed by atoms with Crippen molar-refractivity contribution in [3.05, 3.63) is 74.3 Å². The van der Waals surface area contributed by atoms with Gasteiger partial charge in [-0.15, -0.1) is 0 Å². The number of benzene rings is 1. The number of anilines is 3. The highest BCUT2D eigenvalue weighted by Gasteiger charge is 2.26. The summed E-state index contributed by atoms with van der Waals surface area (Å²) < 4.78 is 29.5. The van der Waals surface area contributed by atoms with E-state index >= 15 is 0 Å². The third-order valence-corrected chi connectivity index (χ3v) is 4.81. The van der Waals surface area contributed by atoms with E-state index in [2.05, 4.69) is 4.98 Å². The zero-order valence-corrected chi connectivity index (χ0v) is 18.2. The van der Waals surface area contributed by atoms with Gasteiger partial charge in [-0.05, 0) is 32.6 Å². The van der Waals surface area contributed by atoms with Crippen molar-refractivity contribution >= 4 is 17.1 Å². The fourth-order valence-corrected chi connectivity index (χ4v) is 3.39. The number of hydrazine groups is 1. The average Bonchev–Trinajstić information content (AvgIpc) is 2.73. The van der Waals surface area contributed by atoms with E-state index in [1.54, 1.807) is 38.2 Å². The van der Waals surface area contributed by atoms with Crippen molar-refractivity contribution in [1.82, 2.24) is 19.0 Å². The van der Waals surface area contributed by atoms with E-state index in [-0.39, 0.29) is 35.0 Å². The number of nitrogen functional groups attached to an aromatic ring is 1. The maximum absolute atomic E-state index is 14.0. The normalized spacial score (nSPS) is 11.0. The van der Waals surface area contributed by atoms with Crippen LogP contribution in [0, 0.1) is 29.9 Å². The van der Waals surface area contributed by atoms with Crippen LogP contribution in [0.15, 0.2) is 40.2 Å². The highest BCUT2D eigenvalue weighted by Crippen LogP contribution is 2.30. The van der Waals surface area contributed by atoms with Crippen LogP contribution in [-0.2, 0) is 13.1 Å². The van der Waals surface area contributed by atoms with Crippen LogP contribution < -0.4 is 27.8 Å². The van der Waals surface area contributed by atoms with Crippen molar-refractivity contribution in [3.8, 4) is 11.8 Å². The van der Waals surface area contributed by atoms with Crippen LogP contribution in [0.3, 0.4) is 0 Å². The second-order valence-corrected chi connectivity index (χ2v) is 7.62. The Morgan fingerprint density at radius 2 is 1.82 bits per heavy atom. The van der Waals surface area contributed by atoms with Crippen molar-refractivity contribution in [2.45, 2.75) is 20.0 Å². The minimum absolute atomic E-state index is 0.0334. The summed E-state index contributed by atoms with van der Waals surface area (Å²) in [5, 5.41) is 10.2. The number of nitrogens with zero attached hydrogens (tertiary/aromatic N) is 6. The van der Waals surface area contributed by atoms with E-state index < -0.39 is 29.4 Å². The lowest BCUT2D eigenvalue weighted by atomic mass is 10.2. The maximum Gasteiger partial charge on any atom is 0.336 e. The van der Waals surface area contributed by atoms with Gasteiger partial charge in [0.15, 0.2) is 11.6 Å². The molecule has 10 nitrogen and oxygen atoms in total. The number of aryl methyl sites for hydroxylation is 1. The summed E-state index contributed by atoms with van der Waals surface area (Å²) in [5.41, 5.74) is 4.50. The monoisotopic (exact) mass is 456 g/mol. The van der Waals surface area contributed by atoms with Gasteiger partial charge in [-0.25, -0.2) is 24.0 Å². The molecule has 12 heteroatoms. The molecule has 3 rings (SSSR count). The van der Waals surface area contributed by atoms with Gasteiger partial charge < -0.3 is 10.6 Å². The van der Waals surface area contributed by atoms with E-state index in [1.165, 1.54) is 6.20 Å². The number of hydrogen-bond acceptors (Lipinski definition) is 8. The molecule has 0 saturated heterocycles. The first kappa shape index (κ1) is 23.6. The van der Waals surface area contributed by atoms with Gasteiger partial charge in [0.2, 0.25) is 0 Å². The molecule has 0 aliphatic rings. The third-order valence-electron chi connectivity index (χ3n) is 4.81. The van der Waals surface area contributed by atoms with Gasteiger partial charge in [0, 0.05) is 24.9 Å². The summed E-state index contributed by atoms with van der Waals surface area (Å²) in [4.78, 5) is 32.6. The summed E-state index contributed by atoms with van der Waals surface area (Å²) in [5.74, 6) is 3.81. The molecule has 4 N–H and O–H groups in total. The lowest BCUT2D eigenvalue weighted by Gasteiger charge is -2.26. The Hall–Kier alpha value is -4.08. The molecule has 0 aliphatic heterocycles. The Bertz CT molecular complexity index is 1370. The van der Waals surface area contributed by atoms with Gasteiger partial charge in [-0.3, -0.25) is 19.4 Å². The Kier molecular flexibility index (Phi) is 6.57. The van der Waals surface area contributed by atoms with Crippen molar-refractivity contribution in [2.24, 2.45) is 5.84 Å². The first-order valence-corrected chi connectivity index (χ1v) is 9.68. The average molecular weight is 456 g/mol. The molecule has 0 saturated carbocycles. The smallest absolute Gasteiger partial charge is 0.336 e. The maximum atomic E-state index is 14.0. The van der Waals surface area contributed by atoms with Crippen LogP contribution in [-0.4, -0.2) is 33.1 Å². The van der Waals surface area contributed by atoms with E-state index in [9.17, 15) is 23.6 Å². The van der Waals surface area contributed by atoms with Crippen molar-refractivity contribution in [1.29, 1.82) is 5.26 Å². The molecule has 2 aromatic heterocycles. The first-order chi connectivity index (χ1) is 15.6. The highest BCUT2D eigenvalue weighted by molar-refractivity contribution is 5.74. The topological polar surface area (TPSA) is 139 Å². The van der Waals surface area contributed by atoms with Crippen molar-refractivity contribution in [2.75, 3.05) is 24.8 Å². The van der Waals surface area contributed by atoms with E-state index in [0.717, 1.165) is 26.3 Å². The SMILES string of the molecule is Cc1cncc(-n2c(=O)c(N(N)c3cc(F)c(F)cc3N)c(CN(C)C)n(CC#N)c2=O)c1. The zero-order chi connectivity index (χ0) is 24.4. The Morgan fingerprint density at radius 1 is 1.15 bits per heavy atom. The molecule has 1 aromatic carbocycles. The second-order valence-electron chi connectivity index (χ2n) is 7.62. The van der Waals surface area contributed by atoms with Gasteiger partial charge in [-0.1, -0.05) is 0 Å². The largest absolute Gasteiger partial charge is 0.397 e. The number of rotatable bonds is 6. The van der Waals surface area contributed by atoms with Crippen molar-refractivity contribution in [3.63, 3.8) is 0 Å². The molecule has 0 radical (unpaired) electrons. The Balaban J connectivity index is 2.45. The molecule has 3 aromatic rings. The molecular weight excluding hydrogens is 434 g/mol. The van der Waals surface area contributed by atoms with Crippen LogP contribution in [0.2, 0.25) is 0 Å². The molecule has 0 fully saturated rings. The van der Waals surface area contributed by atoms with E-state index in [1.807, 2.05) is 6.07 Å². The second kappa shape index (κ2) is 9.19. The van der Waals surface area contributed by atoms with E-state index in [4.69, 9.17) is 11.6 Å². The number of nitrogens with two attached hydrogens (primary N) is 2. The molecule has 0 aliphatic carbocycles. The minimum atomic E-state index is -1.22. The number of halogens is 2. The molecule has 0 amide bonds. The third kappa shape index (κ3) is 4.45. The van der Waals surface area contributed by atoms with Gasteiger partial charge >= 0.3 is 5.69 Å². The summed E-state index contributed by atoms with van der Waals surface area (Å²) in [6, 6.07) is 4.96. The molecule has 33 heavy (non-hydrogen) atoms. The highest BCUT2D eigenvalue weighted by atomic mass is 19.2. The minimum Gasteiger partial charge on any atom is -0.397 e. The molecular formula is C21H22F2N8O2. The first-order valence-electron chi connectivity index (χ1n) is 9.68. The molecule has 0 bridgehead atoms. The molecule has 172 valence electrons. The lowest BCUT2D eigenvalue weighted by molar-refractivity contribution is 0.384. The van der Waals surface area contributed by atoms with Crippen molar-refractivity contribution < 1.29 is 8.78 Å². The van der Waals surface area contributed by atoms with Gasteiger partial charge in [-0.2, -0.15) is 5.26 Å². The van der Waals surface area contributed by atoms with Crippen LogP contribution in [0.1, 0.15) is 11.3 Å². The predicted molar refractivity (Wildman–Crippen MR) is 119 cm³/mol. The standard InChI is InChI=1S/C21H22F2N8O2/c1-12-6-13(10-27-9-12)30-20(32)19(18(11-28(2)3)29(5-4-24)21(30)33)31(26)17-8-15(23)14(22)7-16(17)25/h6-10H,5,11,25-26H2,1-3H3. The zero-order valence-electron chi connectivity index (χ0n) is 18.2. The molecule has 0 atom stereocenters. The number of nitriles is 1. The number of pyridine rings is 1. The van der Waals surface area contributed by atoms with Crippen LogP contribution in [0.5, 0.6) is 0 Å². The van der Waals surface area contributed by atoms with Crippen LogP contribution in [0.25, 0.3) is 5.69 Å². The molecule has 0 unspecified atom stereocenters. The summed E-state index contributed by atoms with van der Waals surface area (Å²) in [6.07, 6.45) is 2.86. The Morgan fingerprint density at radius 3 is 2.42 bits per heavy atom. The quantitative estimate of drug-likeness (QED) is 0.320. The van der Waals surface area contributed by atoms with Gasteiger partial charge in [0.05, 0.1) is 35.0 Å². The van der Waals surface area contributed by atoms with Gasteiger partial charge in [0.25, 0.3) is 5.56 Å². The van der Waals surface area contributed by atoms with Crippen LogP contribution in [0.4, 0.5) is 25.8 Å². The summed E-state index contributed by atoms with van der Waals surface area (Å²) >= 11 is 0. The Labute approximate surface area is 187 Å². The summed E-state index contributed by atoms with van der Waals surface area (Å²) in [7, 11) is 3.38. The molecule has 0 spiro atoms. The fraction of sp³-hybridized carbons (Fsp3) is 0.238. The fourth-order valence-electron chi connectivity index (χ4n) is 3.39. The van der Waals surface area contributed by atoms with E-state index in [0.29, 0.717) is 5.56 Å². The predicted octanol–water partition coefficient (Wildman–Crippen LogP) is 1.16. The van der Waals surface area contributed by atoms with Crippen LogP contribution >= 0.6 is 0 Å². The lowest BCUT2D eigenvalue weighted by Crippen LogP contribution is -2.46. The molecule has 2 heterocycles.